The van der Waals surface area contributed by atoms with Gasteiger partial charge in [-0.2, -0.15) is 0 Å². The molecule has 0 amide bonds. The third-order valence-electron chi connectivity index (χ3n) is 5.79. The molecule has 0 aliphatic carbocycles. The summed E-state index contributed by atoms with van der Waals surface area (Å²) in [7, 11) is 3.25. The summed E-state index contributed by atoms with van der Waals surface area (Å²) in [4.78, 5) is 0. The van der Waals surface area contributed by atoms with Crippen molar-refractivity contribution in [3.63, 3.8) is 0 Å². The number of ether oxygens (including phenoxy) is 4. The topological polar surface area (TPSA) is 101 Å². The first-order chi connectivity index (χ1) is 17.0. The predicted molar refractivity (Wildman–Crippen MR) is 136 cm³/mol. The second kappa shape index (κ2) is 10.9. The fourth-order valence-corrected chi connectivity index (χ4v) is 3.80. The van der Waals surface area contributed by atoms with Crippen LogP contribution in [0.1, 0.15) is 16.7 Å². The summed E-state index contributed by atoms with van der Waals surface area (Å²) in [5.74, 6) is 2.43. The van der Waals surface area contributed by atoms with E-state index in [1.807, 2.05) is 72.8 Å². The monoisotopic (exact) mass is 473 g/mol. The van der Waals surface area contributed by atoms with E-state index in [9.17, 15) is 0 Å². The molecule has 1 aliphatic heterocycles. The first-order valence-electron chi connectivity index (χ1n) is 11.3. The minimum absolute atomic E-state index is 0.342. The molecule has 0 radical (unpaired) electrons. The van der Waals surface area contributed by atoms with Gasteiger partial charge in [0.1, 0.15) is 24.6 Å². The van der Waals surface area contributed by atoms with Gasteiger partial charge in [-0.1, -0.05) is 42.5 Å². The van der Waals surface area contributed by atoms with E-state index in [0.29, 0.717) is 42.6 Å². The molecule has 35 heavy (non-hydrogen) atoms. The molecule has 3 aromatic carbocycles. The summed E-state index contributed by atoms with van der Waals surface area (Å²) in [5, 5.41) is 3.16. The highest BCUT2D eigenvalue weighted by Gasteiger charge is 2.29. The molecule has 7 nitrogen and oxygen atoms in total. The number of nitrogens with two attached hydrogens (primary N) is 2. The number of benzene rings is 3. The van der Waals surface area contributed by atoms with Gasteiger partial charge in [0.05, 0.1) is 14.2 Å². The van der Waals surface area contributed by atoms with Crippen LogP contribution in [-0.2, 0) is 19.6 Å². The number of hydrogen-bond acceptors (Lipinski definition) is 7. The fraction of sp³-hybridized carbons (Fsp3) is 0.214. The van der Waals surface area contributed by atoms with E-state index in [1.165, 1.54) is 0 Å². The van der Waals surface area contributed by atoms with Crippen molar-refractivity contribution < 1.29 is 18.9 Å². The standard InChI is InChI=1S/C28H31N3O4/c1-32-23-12-10-21(11-13-23)18-34-25-16-22(17-28(30)26(29)9-6-14-31-28)15-24(33-2)27(25)35-19-20-7-4-3-5-8-20/h3-16,31H,17-19,29-30H2,1-2H3. The molecule has 7 heteroatoms. The largest absolute Gasteiger partial charge is 0.497 e. The van der Waals surface area contributed by atoms with Crippen molar-refractivity contribution in [1.29, 1.82) is 0 Å². The van der Waals surface area contributed by atoms with Gasteiger partial charge in [-0.25, -0.2) is 0 Å². The van der Waals surface area contributed by atoms with Crippen LogP contribution in [0.15, 0.2) is 90.8 Å². The highest BCUT2D eigenvalue weighted by molar-refractivity contribution is 5.54. The number of allylic oxidation sites excluding steroid dienone is 2. The van der Waals surface area contributed by atoms with Crippen molar-refractivity contribution in [3.05, 3.63) is 107 Å². The lowest BCUT2D eigenvalue weighted by Crippen LogP contribution is -2.57. The minimum Gasteiger partial charge on any atom is -0.497 e. The lowest BCUT2D eigenvalue weighted by molar-refractivity contribution is 0.243. The number of nitrogens with one attached hydrogen (secondary N) is 1. The Labute approximate surface area is 205 Å². The second-order valence-electron chi connectivity index (χ2n) is 8.31. The van der Waals surface area contributed by atoms with Crippen LogP contribution in [0.2, 0.25) is 0 Å². The molecule has 4 rings (SSSR count). The average Bonchev–Trinajstić information content (AvgIpc) is 2.89. The predicted octanol–water partition coefficient (Wildman–Crippen LogP) is 4.02. The first-order valence-corrected chi connectivity index (χ1v) is 11.3. The highest BCUT2D eigenvalue weighted by Crippen LogP contribution is 2.40. The molecular formula is C28H31N3O4. The Kier molecular flexibility index (Phi) is 7.48. The van der Waals surface area contributed by atoms with E-state index in [2.05, 4.69) is 5.32 Å². The third kappa shape index (κ3) is 5.88. The van der Waals surface area contributed by atoms with Gasteiger partial charge in [-0.05, 0) is 59.3 Å². The van der Waals surface area contributed by atoms with Gasteiger partial charge in [0.2, 0.25) is 5.75 Å². The summed E-state index contributed by atoms with van der Waals surface area (Å²) in [6, 6.07) is 21.5. The Balaban J connectivity index is 1.63. The lowest BCUT2D eigenvalue weighted by Gasteiger charge is -2.33. The number of dihydropyridines is 1. The van der Waals surface area contributed by atoms with Gasteiger partial charge in [0.15, 0.2) is 11.5 Å². The molecule has 0 saturated heterocycles. The van der Waals surface area contributed by atoms with Gasteiger partial charge in [0.25, 0.3) is 0 Å². The number of rotatable bonds is 10. The molecule has 0 spiro atoms. The summed E-state index contributed by atoms with van der Waals surface area (Å²) in [5.41, 5.74) is 15.3. The van der Waals surface area contributed by atoms with Gasteiger partial charge in [-0.15, -0.1) is 0 Å². The van der Waals surface area contributed by atoms with Crippen molar-refractivity contribution in [2.45, 2.75) is 25.3 Å². The highest BCUT2D eigenvalue weighted by atomic mass is 16.5. The SMILES string of the molecule is COc1ccc(COc2cc(CC3(N)NC=CC=C3N)cc(OC)c2OCc2ccccc2)cc1. The van der Waals surface area contributed by atoms with Gasteiger partial charge in [-0.3, -0.25) is 0 Å². The van der Waals surface area contributed by atoms with E-state index in [4.69, 9.17) is 30.4 Å². The van der Waals surface area contributed by atoms with Crippen LogP contribution in [-0.4, -0.2) is 19.9 Å². The van der Waals surface area contributed by atoms with Crippen LogP contribution < -0.4 is 35.7 Å². The summed E-state index contributed by atoms with van der Waals surface area (Å²) >= 11 is 0. The number of methoxy groups -OCH3 is 2. The lowest BCUT2D eigenvalue weighted by atomic mass is 9.95. The van der Waals surface area contributed by atoms with Gasteiger partial charge < -0.3 is 35.7 Å². The molecule has 1 aliphatic rings. The zero-order valence-corrected chi connectivity index (χ0v) is 20.0. The summed E-state index contributed by atoms with van der Waals surface area (Å²) in [6.45, 7) is 0.716. The average molecular weight is 474 g/mol. The van der Waals surface area contributed by atoms with E-state index >= 15 is 0 Å². The summed E-state index contributed by atoms with van der Waals surface area (Å²) < 4.78 is 23.4. The van der Waals surface area contributed by atoms with Crippen LogP contribution in [0.3, 0.4) is 0 Å². The maximum Gasteiger partial charge on any atom is 0.203 e. The van der Waals surface area contributed by atoms with E-state index in [0.717, 1.165) is 22.4 Å². The Morgan fingerprint density at radius 1 is 0.800 bits per heavy atom. The van der Waals surface area contributed by atoms with Crippen molar-refractivity contribution in [2.75, 3.05) is 14.2 Å². The molecule has 0 aromatic heterocycles. The van der Waals surface area contributed by atoms with Crippen molar-refractivity contribution >= 4 is 0 Å². The minimum atomic E-state index is -0.917. The van der Waals surface area contributed by atoms with Crippen LogP contribution in [0, 0.1) is 0 Å². The molecule has 1 atom stereocenters. The molecule has 0 bridgehead atoms. The van der Waals surface area contributed by atoms with Crippen LogP contribution >= 0.6 is 0 Å². The third-order valence-corrected chi connectivity index (χ3v) is 5.79. The Morgan fingerprint density at radius 2 is 1.49 bits per heavy atom. The van der Waals surface area contributed by atoms with Crippen molar-refractivity contribution in [2.24, 2.45) is 11.5 Å². The van der Waals surface area contributed by atoms with Crippen LogP contribution in [0.5, 0.6) is 23.0 Å². The van der Waals surface area contributed by atoms with E-state index in [-0.39, 0.29) is 0 Å². The number of hydrogen-bond donors (Lipinski definition) is 3. The maximum absolute atomic E-state index is 6.56. The molecule has 1 heterocycles. The Morgan fingerprint density at radius 3 is 2.17 bits per heavy atom. The maximum atomic E-state index is 6.56. The summed E-state index contributed by atoms with van der Waals surface area (Å²) in [6.07, 6.45) is 5.83. The van der Waals surface area contributed by atoms with Gasteiger partial charge >= 0.3 is 0 Å². The molecule has 0 fully saturated rings. The molecular weight excluding hydrogens is 442 g/mol. The van der Waals surface area contributed by atoms with Crippen LogP contribution in [0.4, 0.5) is 0 Å². The van der Waals surface area contributed by atoms with E-state index < -0.39 is 5.66 Å². The molecule has 0 saturated carbocycles. The zero-order valence-electron chi connectivity index (χ0n) is 20.0. The Bertz CT molecular complexity index is 1190. The van der Waals surface area contributed by atoms with E-state index in [1.54, 1.807) is 26.5 Å². The smallest absolute Gasteiger partial charge is 0.203 e. The zero-order chi connectivity index (χ0) is 24.7. The molecule has 3 aromatic rings. The van der Waals surface area contributed by atoms with Crippen LogP contribution in [0.25, 0.3) is 0 Å². The quantitative estimate of drug-likeness (QED) is 0.409. The first kappa shape index (κ1) is 24.0. The molecule has 1 unspecified atom stereocenters. The normalized spacial score (nSPS) is 16.7. The second-order valence-corrected chi connectivity index (χ2v) is 8.31. The van der Waals surface area contributed by atoms with Gasteiger partial charge in [0, 0.05) is 12.1 Å². The Hall–Kier alpha value is -4.10. The van der Waals surface area contributed by atoms with Crippen molar-refractivity contribution in [3.8, 4) is 23.0 Å². The molecule has 182 valence electrons. The van der Waals surface area contributed by atoms with Crippen molar-refractivity contribution in [1.82, 2.24) is 5.32 Å². The molecule has 5 N–H and O–H groups in total. The fourth-order valence-electron chi connectivity index (χ4n) is 3.80.